The molecule has 0 aromatic heterocycles. The van der Waals surface area contributed by atoms with Crippen LogP contribution in [0.25, 0.3) is 0 Å². The summed E-state index contributed by atoms with van der Waals surface area (Å²) in [5.41, 5.74) is 1.94. The Bertz CT molecular complexity index is 1060. The first-order chi connectivity index (χ1) is 15.5. The third kappa shape index (κ3) is 5.75. The second-order valence-corrected chi connectivity index (χ2v) is 9.11. The summed E-state index contributed by atoms with van der Waals surface area (Å²) < 4.78 is 32.2. The van der Waals surface area contributed by atoms with E-state index in [0.717, 1.165) is 11.1 Å². The quantitative estimate of drug-likeness (QED) is 0.504. The van der Waals surface area contributed by atoms with Gasteiger partial charge in [-0.05, 0) is 35.4 Å². The molecule has 0 atom stereocenters. The minimum Gasteiger partial charge on any atom is -0.484 e. The summed E-state index contributed by atoms with van der Waals surface area (Å²) in [6, 6.07) is 25.3. The molecule has 3 rings (SSSR count). The number of sulfonamides is 1. The second kappa shape index (κ2) is 10.9. The summed E-state index contributed by atoms with van der Waals surface area (Å²) in [6.07, 6.45) is 0. The third-order valence-corrected chi connectivity index (χ3v) is 7.17. The maximum absolute atomic E-state index is 12.6. The molecule has 0 spiro atoms. The van der Waals surface area contributed by atoms with Crippen LogP contribution >= 0.6 is 0 Å². The van der Waals surface area contributed by atoms with Crippen molar-refractivity contribution in [1.29, 1.82) is 0 Å². The highest BCUT2D eigenvalue weighted by atomic mass is 32.2. The van der Waals surface area contributed by atoms with Crippen LogP contribution in [0.5, 0.6) is 5.75 Å². The van der Waals surface area contributed by atoms with Crippen molar-refractivity contribution < 1.29 is 17.9 Å². The van der Waals surface area contributed by atoms with Crippen LogP contribution in [0, 0.1) is 0 Å². The SMILES string of the molecule is CCN(CC)S(=O)(=O)c1ccc(OCC(=O)NC(c2ccccc2)c2ccccc2)cc1. The fourth-order valence-electron chi connectivity index (χ4n) is 3.42. The molecular formula is C25H28N2O4S. The number of benzene rings is 3. The van der Waals surface area contributed by atoms with Crippen molar-refractivity contribution >= 4 is 15.9 Å². The molecule has 0 heterocycles. The van der Waals surface area contributed by atoms with Gasteiger partial charge in [-0.2, -0.15) is 4.31 Å². The summed E-state index contributed by atoms with van der Waals surface area (Å²) in [7, 11) is -3.53. The largest absolute Gasteiger partial charge is 0.484 e. The van der Waals surface area contributed by atoms with Crippen LogP contribution in [0.1, 0.15) is 31.0 Å². The standard InChI is InChI=1S/C25H28N2O4S/c1-3-27(4-2)32(29,30)23-17-15-22(16-18-23)31-19-24(28)26-25(20-11-7-5-8-12-20)21-13-9-6-10-14-21/h5-18,25H,3-4,19H2,1-2H3,(H,26,28). The fourth-order valence-corrected chi connectivity index (χ4v) is 4.88. The molecule has 32 heavy (non-hydrogen) atoms. The molecule has 0 aliphatic heterocycles. The lowest BCUT2D eigenvalue weighted by molar-refractivity contribution is -0.123. The number of hydrogen-bond donors (Lipinski definition) is 1. The van der Waals surface area contributed by atoms with Crippen molar-refractivity contribution in [2.45, 2.75) is 24.8 Å². The Morgan fingerprint density at radius 2 is 1.34 bits per heavy atom. The summed E-state index contributed by atoms with van der Waals surface area (Å²) in [5, 5.41) is 3.02. The van der Waals surface area contributed by atoms with Crippen molar-refractivity contribution in [1.82, 2.24) is 9.62 Å². The van der Waals surface area contributed by atoms with Crippen molar-refractivity contribution in [3.8, 4) is 5.75 Å². The summed E-state index contributed by atoms with van der Waals surface area (Å²) in [4.78, 5) is 12.8. The summed E-state index contributed by atoms with van der Waals surface area (Å²) >= 11 is 0. The molecule has 0 fully saturated rings. The number of hydrogen-bond acceptors (Lipinski definition) is 4. The van der Waals surface area contributed by atoms with Gasteiger partial charge in [-0.1, -0.05) is 74.5 Å². The lowest BCUT2D eigenvalue weighted by Crippen LogP contribution is -2.33. The molecular weight excluding hydrogens is 424 g/mol. The van der Waals surface area contributed by atoms with Crippen LogP contribution in [0.15, 0.2) is 89.8 Å². The van der Waals surface area contributed by atoms with Gasteiger partial charge in [-0.3, -0.25) is 4.79 Å². The Balaban J connectivity index is 1.66. The number of rotatable bonds is 10. The highest BCUT2D eigenvalue weighted by Gasteiger charge is 2.21. The van der Waals surface area contributed by atoms with Gasteiger partial charge in [0.2, 0.25) is 10.0 Å². The van der Waals surface area contributed by atoms with Gasteiger partial charge in [0.05, 0.1) is 10.9 Å². The molecule has 0 saturated carbocycles. The Kier molecular flexibility index (Phi) is 8.03. The minimum absolute atomic E-state index is 0.182. The monoisotopic (exact) mass is 452 g/mol. The first-order valence-electron chi connectivity index (χ1n) is 10.6. The lowest BCUT2D eigenvalue weighted by atomic mass is 9.99. The molecule has 168 valence electrons. The molecule has 3 aromatic carbocycles. The van der Waals surface area contributed by atoms with Crippen LogP contribution in [-0.2, 0) is 14.8 Å². The number of carbonyl (C=O) groups is 1. The molecule has 0 unspecified atom stereocenters. The van der Waals surface area contributed by atoms with E-state index in [1.54, 1.807) is 26.0 Å². The zero-order valence-corrected chi connectivity index (χ0v) is 19.1. The van der Waals surface area contributed by atoms with Crippen LogP contribution in [0.4, 0.5) is 0 Å². The predicted octanol–water partition coefficient (Wildman–Crippen LogP) is 4.00. The van der Waals surface area contributed by atoms with Gasteiger partial charge in [0.25, 0.3) is 5.91 Å². The van der Waals surface area contributed by atoms with Gasteiger partial charge >= 0.3 is 0 Å². The van der Waals surface area contributed by atoms with Crippen molar-refractivity contribution in [3.05, 3.63) is 96.1 Å². The first kappa shape index (κ1) is 23.5. The molecule has 0 aliphatic rings. The molecule has 1 N–H and O–H groups in total. The summed E-state index contributed by atoms with van der Waals surface area (Å²) in [5.74, 6) is 0.150. The number of carbonyl (C=O) groups excluding carboxylic acids is 1. The molecule has 3 aromatic rings. The number of ether oxygens (including phenoxy) is 1. The van der Waals surface area contributed by atoms with E-state index in [0.29, 0.717) is 18.8 Å². The molecule has 0 aliphatic carbocycles. The van der Waals surface area contributed by atoms with E-state index in [9.17, 15) is 13.2 Å². The van der Waals surface area contributed by atoms with Gasteiger partial charge in [-0.15, -0.1) is 0 Å². The van der Waals surface area contributed by atoms with E-state index in [4.69, 9.17) is 4.74 Å². The van der Waals surface area contributed by atoms with E-state index < -0.39 is 10.0 Å². The van der Waals surface area contributed by atoms with Crippen LogP contribution in [0.3, 0.4) is 0 Å². The van der Waals surface area contributed by atoms with E-state index in [2.05, 4.69) is 5.32 Å². The Morgan fingerprint density at radius 3 is 1.81 bits per heavy atom. The fraction of sp³-hybridized carbons (Fsp3) is 0.240. The average molecular weight is 453 g/mol. The molecule has 0 radical (unpaired) electrons. The van der Waals surface area contributed by atoms with E-state index in [-0.39, 0.29) is 23.5 Å². The summed E-state index contributed by atoms with van der Waals surface area (Å²) in [6.45, 7) is 4.23. The van der Waals surface area contributed by atoms with Gasteiger partial charge in [0.15, 0.2) is 6.61 Å². The maximum atomic E-state index is 12.6. The van der Waals surface area contributed by atoms with Gasteiger partial charge in [0, 0.05) is 13.1 Å². The minimum atomic E-state index is -3.53. The predicted molar refractivity (Wildman–Crippen MR) is 125 cm³/mol. The Morgan fingerprint density at radius 1 is 0.844 bits per heavy atom. The Hall–Kier alpha value is -3.16. The van der Waals surface area contributed by atoms with E-state index in [1.807, 2.05) is 60.7 Å². The van der Waals surface area contributed by atoms with Gasteiger partial charge in [0.1, 0.15) is 5.75 Å². The molecule has 0 saturated heterocycles. The molecule has 1 amide bonds. The second-order valence-electron chi connectivity index (χ2n) is 7.17. The Labute approximate surface area is 189 Å². The van der Waals surface area contributed by atoms with Gasteiger partial charge < -0.3 is 10.1 Å². The normalized spacial score (nSPS) is 11.5. The number of amides is 1. The van der Waals surface area contributed by atoms with Crippen LogP contribution in [0.2, 0.25) is 0 Å². The average Bonchev–Trinajstić information content (AvgIpc) is 2.83. The van der Waals surface area contributed by atoms with E-state index >= 15 is 0 Å². The molecule has 0 bridgehead atoms. The van der Waals surface area contributed by atoms with E-state index in [1.165, 1.54) is 16.4 Å². The van der Waals surface area contributed by atoms with Crippen molar-refractivity contribution in [3.63, 3.8) is 0 Å². The lowest BCUT2D eigenvalue weighted by Gasteiger charge is -2.20. The zero-order chi connectivity index (χ0) is 23.0. The van der Waals surface area contributed by atoms with Crippen LogP contribution < -0.4 is 10.1 Å². The smallest absolute Gasteiger partial charge is 0.258 e. The van der Waals surface area contributed by atoms with Crippen LogP contribution in [-0.4, -0.2) is 38.3 Å². The van der Waals surface area contributed by atoms with Crippen molar-refractivity contribution in [2.75, 3.05) is 19.7 Å². The number of nitrogens with zero attached hydrogens (tertiary/aromatic N) is 1. The first-order valence-corrected chi connectivity index (χ1v) is 12.0. The molecule has 7 heteroatoms. The number of nitrogens with one attached hydrogen (secondary N) is 1. The van der Waals surface area contributed by atoms with Crippen molar-refractivity contribution in [2.24, 2.45) is 0 Å². The highest BCUT2D eigenvalue weighted by molar-refractivity contribution is 7.89. The topological polar surface area (TPSA) is 75.7 Å². The third-order valence-electron chi connectivity index (χ3n) is 5.11. The zero-order valence-electron chi connectivity index (χ0n) is 18.3. The molecule has 6 nitrogen and oxygen atoms in total. The highest BCUT2D eigenvalue weighted by Crippen LogP contribution is 2.22. The van der Waals surface area contributed by atoms with Gasteiger partial charge in [-0.25, -0.2) is 8.42 Å². The maximum Gasteiger partial charge on any atom is 0.258 e.